The first-order valence-electron chi connectivity index (χ1n) is 11.7. The Morgan fingerprint density at radius 3 is 2.32 bits per heavy atom. The second-order valence-corrected chi connectivity index (χ2v) is 8.43. The van der Waals surface area contributed by atoms with Gasteiger partial charge in [0.1, 0.15) is 18.0 Å². The molecule has 0 saturated carbocycles. The number of aliphatic hydroxyl groups excluding tert-OH is 1. The predicted octanol–water partition coefficient (Wildman–Crippen LogP) is 2.84. The minimum Gasteiger partial charge on any atom is -0.488 e. The third kappa shape index (κ3) is 6.58. The van der Waals surface area contributed by atoms with Crippen molar-refractivity contribution in [2.24, 2.45) is 0 Å². The smallest absolute Gasteiger partial charge is 0.435 e. The zero-order valence-corrected chi connectivity index (χ0v) is 19.7. The van der Waals surface area contributed by atoms with Gasteiger partial charge in [-0.2, -0.15) is 18.3 Å². The molecule has 3 N–H and O–H groups in total. The fourth-order valence-corrected chi connectivity index (χ4v) is 3.92. The van der Waals surface area contributed by atoms with Crippen LogP contribution in [-0.2, 0) is 6.18 Å². The highest BCUT2D eigenvalue weighted by atomic mass is 19.4. The maximum absolute atomic E-state index is 13.5. The number of nitrogens with one attached hydrogen (secondary N) is 2. The summed E-state index contributed by atoms with van der Waals surface area (Å²) in [6.45, 7) is 0.285. The van der Waals surface area contributed by atoms with E-state index in [0.717, 1.165) is 10.9 Å². The van der Waals surface area contributed by atoms with Gasteiger partial charge in [-0.1, -0.05) is 36.4 Å². The summed E-state index contributed by atoms with van der Waals surface area (Å²) in [6, 6.07) is 16.7. The van der Waals surface area contributed by atoms with Gasteiger partial charge in [0.05, 0.1) is 17.8 Å². The Hall–Kier alpha value is -4.06. The SMILES string of the molecule is O=C(NCCNC(=O)N1CCC(Oc2ccccc2)C(O)C1)c1cn(-c2ccccc2)nc1C(F)(F)F. The molecule has 3 amide bonds. The molecule has 2 heterocycles. The molecule has 1 aliphatic heterocycles. The Morgan fingerprint density at radius 2 is 1.68 bits per heavy atom. The predicted molar refractivity (Wildman–Crippen MR) is 127 cm³/mol. The van der Waals surface area contributed by atoms with Crippen molar-refractivity contribution in [3.63, 3.8) is 0 Å². The highest BCUT2D eigenvalue weighted by molar-refractivity contribution is 5.95. The second-order valence-electron chi connectivity index (χ2n) is 8.43. The van der Waals surface area contributed by atoms with Crippen LogP contribution in [0.3, 0.4) is 0 Å². The van der Waals surface area contributed by atoms with Gasteiger partial charge in [0.15, 0.2) is 5.69 Å². The van der Waals surface area contributed by atoms with E-state index < -0.39 is 41.6 Å². The van der Waals surface area contributed by atoms with E-state index >= 15 is 0 Å². The first-order chi connectivity index (χ1) is 17.7. The summed E-state index contributed by atoms with van der Waals surface area (Å²) in [5.74, 6) is -0.332. The summed E-state index contributed by atoms with van der Waals surface area (Å²) >= 11 is 0. The Kier molecular flexibility index (Phi) is 7.97. The number of urea groups is 1. The number of aliphatic hydroxyl groups is 1. The van der Waals surface area contributed by atoms with Gasteiger partial charge in [-0.05, 0) is 24.3 Å². The topological polar surface area (TPSA) is 109 Å². The van der Waals surface area contributed by atoms with Crippen molar-refractivity contribution >= 4 is 11.9 Å². The van der Waals surface area contributed by atoms with E-state index in [4.69, 9.17) is 4.74 Å². The van der Waals surface area contributed by atoms with Gasteiger partial charge in [0.25, 0.3) is 5.91 Å². The van der Waals surface area contributed by atoms with Gasteiger partial charge < -0.3 is 25.4 Å². The van der Waals surface area contributed by atoms with E-state index in [1.807, 2.05) is 18.2 Å². The van der Waals surface area contributed by atoms with E-state index in [9.17, 15) is 27.9 Å². The van der Waals surface area contributed by atoms with Crippen molar-refractivity contribution in [2.45, 2.75) is 24.8 Å². The number of rotatable bonds is 7. The van der Waals surface area contributed by atoms with Crippen molar-refractivity contribution < 1.29 is 32.6 Å². The van der Waals surface area contributed by atoms with Crippen molar-refractivity contribution in [1.29, 1.82) is 0 Å². The molecule has 0 spiro atoms. The largest absolute Gasteiger partial charge is 0.488 e. The number of benzene rings is 2. The molecule has 12 heteroatoms. The minimum absolute atomic E-state index is 0.0186. The normalized spacial score (nSPS) is 17.8. The molecule has 1 saturated heterocycles. The standard InChI is InChI=1S/C25H26F3N5O4/c26-25(27,28)22-19(15-33(31-22)17-7-3-1-4-8-17)23(35)29-12-13-30-24(36)32-14-11-21(20(34)16-32)37-18-9-5-2-6-10-18/h1-10,15,20-21,34H,11-14,16H2,(H,29,35)(H,30,36). The molecule has 2 aromatic carbocycles. The van der Waals surface area contributed by atoms with Crippen LogP contribution in [0, 0.1) is 0 Å². The summed E-state index contributed by atoms with van der Waals surface area (Å²) in [6.07, 6.45) is -4.72. The molecular formula is C25H26F3N5O4. The molecule has 9 nitrogen and oxygen atoms in total. The minimum atomic E-state index is -4.82. The number of ether oxygens (including phenoxy) is 1. The van der Waals surface area contributed by atoms with Crippen LogP contribution in [0.2, 0.25) is 0 Å². The lowest BCUT2D eigenvalue weighted by Gasteiger charge is -2.35. The number of alkyl halides is 3. The van der Waals surface area contributed by atoms with E-state index in [1.165, 1.54) is 4.90 Å². The molecular weight excluding hydrogens is 491 g/mol. The van der Waals surface area contributed by atoms with E-state index in [-0.39, 0.29) is 19.6 Å². The number of aromatic nitrogens is 2. The van der Waals surface area contributed by atoms with E-state index in [0.29, 0.717) is 24.4 Å². The molecule has 0 aliphatic carbocycles. The number of piperidine rings is 1. The van der Waals surface area contributed by atoms with Crippen LogP contribution in [0.4, 0.5) is 18.0 Å². The van der Waals surface area contributed by atoms with Gasteiger partial charge in [-0.3, -0.25) is 4.79 Å². The molecule has 1 aliphatic rings. The zero-order chi connectivity index (χ0) is 26.4. The van der Waals surface area contributed by atoms with Crippen LogP contribution in [0.25, 0.3) is 5.69 Å². The van der Waals surface area contributed by atoms with Gasteiger partial charge in [-0.15, -0.1) is 0 Å². The van der Waals surface area contributed by atoms with Crippen LogP contribution in [0.15, 0.2) is 66.9 Å². The van der Waals surface area contributed by atoms with Crippen LogP contribution in [0.1, 0.15) is 22.5 Å². The van der Waals surface area contributed by atoms with Crippen molar-refractivity contribution in [3.05, 3.63) is 78.1 Å². The number of para-hydroxylation sites is 2. The molecule has 196 valence electrons. The zero-order valence-electron chi connectivity index (χ0n) is 19.7. The van der Waals surface area contributed by atoms with Crippen molar-refractivity contribution in [2.75, 3.05) is 26.2 Å². The molecule has 1 fully saturated rings. The monoisotopic (exact) mass is 517 g/mol. The highest BCUT2D eigenvalue weighted by Gasteiger charge is 2.39. The van der Waals surface area contributed by atoms with Crippen molar-refractivity contribution in [3.8, 4) is 11.4 Å². The third-order valence-corrected chi connectivity index (χ3v) is 5.77. The second kappa shape index (κ2) is 11.3. The Balaban J connectivity index is 1.26. The Morgan fingerprint density at radius 1 is 1.03 bits per heavy atom. The summed E-state index contributed by atoms with van der Waals surface area (Å²) < 4.78 is 47.2. The summed E-state index contributed by atoms with van der Waals surface area (Å²) in [4.78, 5) is 26.4. The lowest BCUT2D eigenvalue weighted by Crippen LogP contribution is -2.54. The number of β-amino-alcohol motifs (C(OH)–C–C–N with tert-alkyl or cyclic N) is 1. The molecule has 2 unspecified atom stereocenters. The van der Waals surface area contributed by atoms with Crippen LogP contribution in [-0.4, -0.2) is 70.1 Å². The lowest BCUT2D eigenvalue weighted by atomic mass is 10.1. The fraction of sp³-hybridized carbons (Fsp3) is 0.320. The molecule has 4 rings (SSSR count). The summed E-state index contributed by atoms with van der Waals surface area (Å²) in [7, 11) is 0. The van der Waals surface area contributed by atoms with Gasteiger partial charge >= 0.3 is 12.2 Å². The number of nitrogens with zero attached hydrogens (tertiary/aromatic N) is 3. The van der Waals surface area contributed by atoms with Crippen LogP contribution >= 0.6 is 0 Å². The third-order valence-electron chi connectivity index (χ3n) is 5.77. The van der Waals surface area contributed by atoms with E-state index in [2.05, 4.69) is 15.7 Å². The molecule has 37 heavy (non-hydrogen) atoms. The number of carbonyl (C=O) groups is 2. The molecule has 0 bridgehead atoms. The quantitative estimate of drug-likeness (QED) is 0.418. The number of likely N-dealkylation sites (tertiary alicyclic amines) is 1. The fourth-order valence-electron chi connectivity index (χ4n) is 3.92. The number of hydrogen-bond donors (Lipinski definition) is 3. The Bertz CT molecular complexity index is 1200. The number of hydrogen-bond acceptors (Lipinski definition) is 5. The maximum atomic E-state index is 13.5. The Labute approximate surface area is 210 Å². The summed E-state index contributed by atoms with van der Waals surface area (Å²) in [5, 5.41) is 18.9. The number of carbonyl (C=O) groups excluding carboxylic acids is 2. The number of halogens is 3. The molecule has 3 aromatic rings. The van der Waals surface area contributed by atoms with Crippen molar-refractivity contribution in [1.82, 2.24) is 25.3 Å². The van der Waals surface area contributed by atoms with Gasteiger partial charge in [-0.25, -0.2) is 9.48 Å². The molecule has 0 radical (unpaired) electrons. The number of amides is 3. The van der Waals surface area contributed by atoms with Crippen LogP contribution in [0.5, 0.6) is 5.75 Å². The lowest BCUT2D eigenvalue weighted by molar-refractivity contribution is -0.141. The molecule has 2 atom stereocenters. The van der Waals surface area contributed by atoms with Crippen LogP contribution < -0.4 is 15.4 Å². The first kappa shape index (κ1) is 26.0. The van der Waals surface area contributed by atoms with Gasteiger partial charge in [0.2, 0.25) is 0 Å². The highest BCUT2D eigenvalue weighted by Crippen LogP contribution is 2.31. The maximum Gasteiger partial charge on any atom is 0.435 e. The van der Waals surface area contributed by atoms with Gasteiger partial charge in [0, 0.05) is 32.3 Å². The molecule has 1 aromatic heterocycles. The average Bonchev–Trinajstić information content (AvgIpc) is 3.35. The van der Waals surface area contributed by atoms with E-state index in [1.54, 1.807) is 42.5 Å². The first-order valence-corrected chi connectivity index (χ1v) is 11.7. The summed E-state index contributed by atoms with van der Waals surface area (Å²) in [5.41, 5.74) is -1.54. The average molecular weight is 518 g/mol.